The maximum Gasteiger partial charge on any atom is 0.244 e. The number of anilines is 3. The van der Waals surface area contributed by atoms with Crippen LogP contribution in [-0.2, 0) is 4.74 Å². The van der Waals surface area contributed by atoms with Crippen molar-refractivity contribution >= 4 is 28.6 Å². The number of fused-ring (bicyclic) bond motifs is 1. The summed E-state index contributed by atoms with van der Waals surface area (Å²) in [5.74, 6) is 2.77. The highest BCUT2D eigenvalue weighted by Gasteiger charge is 2.22. The molecule has 3 heterocycles. The molecule has 0 amide bonds. The third kappa shape index (κ3) is 3.90. The Balaban J connectivity index is 1.58. The van der Waals surface area contributed by atoms with Crippen LogP contribution in [0, 0.1) is 6.92 Å². The smallest absolute Gasteiger partial charge is 0.244 e. The summed E-state index contributed by atoms with van der Waals surface area (Å²) in [4.78, 5) is 25.4. The van der Waals surface area contributed by atoms with E-state index in [-0.39, 0.29) is 0 Å². The highest BCUT2D eigenvalue weighted by Crippen LogP contribution is 2.32. The van der Waals surface area contributed by atoms with Gasteiger partial charge in [0, 0.05) is 13.1 Å². The van der Waals surface area contributed by atoms with E-state index in [1.54, 1.807) is 18.5 Å². The summed E-state index contributed by atoms with van der Waals surface area (Å²) in [5.41, 5.74) is 3.11. The minimum Gasteiger partial charge on any atom is -0.496 e. The molecule has 164 valence electrons. The van der Waals surface area contributed by atoms with Crippen LogP contribution in [0.15, 0.2) is 54.9 Å². The number of hydrogen-bond donors (Lipinski definition) is 1. The summed E-state index contributed by atoms with van der Waals surface area (Å²) in [6, 6.07) is 15.4. The lowest BCUT2D eigenvalue weighted by Crippen LogP contribution is -2.36. The largest absolute Gasteiger partial charge is 0.496 e. The van der Waals surface area contributed by atoms with Gasteiger partial charge >= 0.3 is 0 Å². The van der Waals surface area contributed by atoms with E-state index in [1.807, 2.05) is 55.5 Å². The molecule has 2 aromatic heterocycles. The Kier molecular flexibility index (Phi) is 5.47. The van der Waals surface area contributed by atoms with Crippen LogP contribution < -0.4 is 19.5 Å². The van der Waals surface area contributed by atoms with Crippen molar-refractivity contribution in [1.29, 1.82) is 0 Å². The van der Waals surface area contributed by atoms with Crippen molar-refractivity contribution in [3.05, 3.63) is 60.4 Å². The fourth-order valence-electron chi connectivity index (χ4n) is 3.70. The number of benzene rings is 2. The number of aromatic nitrogens is 4. The van der Waals surface area contributed by atoms with Crippen molar-refractivity contribution in [2.45, 2.75) is 6.92 Å². The van der Waals surface area contributed by atoms with Gasteiger partial charge < -0.3 is 24.2 Å². The van der Waals surface area contributed by atoms with Crippen LogP contribution in [0.4, 0.5) is 17.5 Å². The Hall–Kier alpha value is -3.85. The highest BCUT2D eigenvalue weighted by atomic mass is 16.7. The Labute approximate surface area is 185 Å². The molecule has 1 N–H and O–H groups in total. The lowest BCUT2D eigenvalue weighted by atomic mass is 10.2. The second-order valence-corrected chi connectivity index (χ2v) is 7.41. The molecule has 9 nitrogen and oxygen atoms in total. The number of aromatic amines is 1. The summed E-state index contributed by atoms with van der Waals surface area (Å²) in [6.07, 6.45) is 1.55. The zero-order valence-electron chi connectivity index (χ0n) is 18.0. The highest BCUT2D eigenvalue weighted by molar-refractivity contribution is 5.85. The van der Waals surface area contributed by atoms with Crippen molar-refractivity contribution in [3.63, 3.8) is 0 Å². The van der Waals surface area contributed by atoms with Gasteiger partial charge in [0.2, 0.25) is 5.95 Å². The van der Waals surface area contributed by atoms with E-state index >= 15 is 0 Å². The number of methoxy groups -OCH3 is 1. The van der Waals surface area contributed by atoms with Gasteiger partial charge in [-0.2, -0.15) is 0 Å². The molecule has 0 aliphatic carbocycles. The van der Waals surface area contributed by atoms with Crippen LogP contribution in [0.5, 0.6) is 11.5 Å². The van der Waals surface area contributed by atoms with Gasteiger partial charge in [-0.1, -0.05) is 18.2 Å². The van der Waals surface area contributed by atoms with E-state index in [0.29, 0.717) is 36.1 Å². The van der Waals surface area contributed by atoms with Gasteiger partial charge in [-0.25, -0.2) is 15.0 Å². The van der Waals surface area contributed by atoms with Crippen molar-refractivity contribution in [2.24, 2.45) is 0 Å². The summed E-state index contributed by atoms with van der Waals surface area (Å²) in [7, 11) is 1.66. The predicted octanol–water partition coefficient (Wildman–Crippen LogP) is 3.64. The van der Waals surface area contributed by atoms with Crippen molar-refractivity contribution in [1.82, 2.24) is 19.9 Å². The molecule has 1 saturated heterocycles. The number of imidazole rings is 1. The average Bonchev–Trinajstić information content (AvgIpc) is 3.28. The molecular weight excluding hydrogens is 408 g/mol. The quantitative estimate of drug-likeness (QED) is 0.462. The second-order valence-electron chi connectivity index (χ2n) is 7.41. The van der Waals surface area contributed by atoms with E-state index in [4.69, 9.17) is 19.3 Å². The molecule has 1 aliphatic heterocycles. The number of nitrogens with zero attached hydrogens (tertiary/aromatic N) is 5. The Bertz CT molecular complexity index is 1210. The number of para-hydroxylation sites is 1. The lowest BCUT2D eigenvalue weighted by molar-refractivity contribution is 0.122. The first-order chi connectivity index (χ1) is 15.7. The molecule has 2 aromatic carbocycles. The Morgan fingerprint density at radius 1 is 1.06 bits per heavy atom. The molecule has 5 rings (SSSR count). The third-order valence-corrected chi connectivity index (χ3v) is 5.31. The van der Waals surface area contributed by atoms with Crippen molar-refractivity contribution < 1.29 is 14.3 Å². The van der Waals surface area contributed by atoms with Gasteiger partial charge in [0.05, 0.1) is 26.0 Å². The van der Waals surface area contributed by atoms with Crippen molar-refractivity contribution in [2.75, 3.05) is 43.4 Å². The maximum absolute atomic E-state index is 6.25. The fraction of sp³-hybridized carbons (Fsp3) is 0.261. The Morgan fingerprint density at radius 3 is 2.62 bits per heavy atom. The molecule has 4 aromatic rings. The molecule has 0 saturated carbocycles. The first-order valence-electron chi connectivity index (χ1n) is 10.4. The Morgan fingerprint density at radius 2 is 1.88 bits per heavy atom. The number of morpholine rings is 1. The summed E-state index contributed by atoms with van der Waals surface area (Å²) < 4.78 is 10.9. The number of aryl methyl sites for hydroxylation is 1. The first-order valence-corrected chi connectivity index (χ1v) is 10.4. The normalized spacial score (nSPS) is 13.9. The number of H-pyrrole nitrogens is 1. The molecule has 0 atom stereocenters. The monoisotopic (exact) mass is 432 g/mol. The molecule has 0 unspecified atom stereocenters. The van der Waals surface area contributed by atoms with E-state index in [0.717, 1.165) is 35.9 Å². The minimum absolute atomic E-state index is 0.503. The fourth-order valence-corrected chi connectivity index (χ4v) is 3.70. The van der Waals surface area contributed by atoms with Crippen LogP contribution in [0.25, 0.3) is 11.2 Å². The summed E-state index contributed by atoms with van der Waals surface area (Å²) in [5, 5.41) is 1.66. The van der Waals surface area contributed by atoms with Gasteiger partial charge in [-0.3, -0.25) is 0 Å². The molecule has 32 heavy (non-hydrogen) atoms. The molecule has 0 spiro atoms. The molecule has 0 bridgehead atoms. The van der Waals surface area contributed by atoms with Gasteiger partial charge in [-0.05, 0) is 42.8 Å². The molecule has 1 aliphatic rings. The zero-order chi connectivity index (χ0) is 21.9. The maximum atomic E-state index is 6.25. The SMILES string of the molecule is COc1ccc(N(Oc2ccccc2)c2nc3c(N4CCOCC4)ncnc3[nH]2)cc1C. The van der Waals surface area contributed by atoms with Crippen LogP contribution >= 0.6 is 0 Å². The van der Waals surface area contributed by atoms with Crippen LogP contribution in [0.2, 0.25) is 0 Å². The van der Waals surface area contributed by atoms with Gasteiger partial charge in [0.25, 0.3) is 0 Å². The lowest BCUT2D eigenvalue weighted by Gasteiger charge is -2.27. The average molecular weight is 432 g/mol. The first kappa shape index (κ1) is 20.1. The van der Waals surface area contributed by atoms with Gasteiger partial charge in [-0.15, -0.1) is 5.06 Å². The van der Waals surface area contributed by atoms with Gasteiger partial charge in [0.1, 0.15) is 12.1 Å². The van der Waals surface area contributed by atoms with Crippen LogP contribution in [0.1, 0.15) is 5.56 Å². The van der Waals surface area contributed by atoms with E-state index < -0.39 is 0 Å². The van der Waals surface area contributed by atoms with Crippen LogP contribution in [-0.4, -0.2) is 53.3 Å². The summed E-state index contributed by atoms with van der Waals surface area (Å²) >= 11 is 0. The topological polar surface area (TPSA) is 88.6 Å². The standard InChI is InChI=1S/C23H24N6O3/c1-16-14-17(8-9-19(16)30-2)29(32-18-6-4-3-5-7-18)23-26-20-21(27-23)24-15-25-22(20)28-10-12-31-13-11-28/h3-9,14-15H,10-13H2,1-2H3,(H,24,25,26,27). The molecular formula is C23H24N6O3. The molecule has 1 fully saturated rings. The number of nitrogens with one attached hydrogen (secondary N) is 1. The summed E-state index contributed by atoms with van der Waals surface area (Å²) in [6.45, 7) is 4.84. The molecule has 9 heteroatoms. The number of ether oxygens (including phenoxy) is 2. The minimum atomic E-state index is 0.503. The van der Waals surface area contributed by atoms with E-state index in [1.165, 1.54) is 0 Å². The van der Waals surface area contributed by atoms with Crippen molar-refractivity contribution in [3.8, 4) is 11.5 Å². The predicted molar refractivity (Wildman–Crippen MR) is 122 cm³/mol. The molecule has 0 radical (unpaired) electrons. The van der Waals surface area contributed by atoms with E-state index in [9.17, 15) is 0 Å². The van der Waals surface area contributed by atoms with Gasteiger partial charge in [0.15, 0.2) is 22.7 Å². The third-order valence-electron chi connectivity index (χ3n) is 5.31. The number of rotatable bonds is 6. The second kappa shape index (κ2) is 8.72. The number of hydrogen-bond acceptors (Lipinski definition) is 8. The van der Waals surface area contributed by atoms with Crippen LogP contribution in [0.3, 0.4) is 0 Å². The van der Waals surface area contributed by atoms with E-state index in [2.05, 4.69) is 19.9 Å². The zero-order valence-corrected chi connectivity index (χ0v) is 18.0.